The second-order valence-electron chi connectivity index (χ2n) is 5.30. The number of nitrogens with one attached hydrogen (secondary N) is 2. The Bertz CT molecular complexity index is 497. The first-order valence-electron chi connectivity index (χ1n) is 7.19. The maximum atomic E-state index is 12.3. The summed E-state index contributed by atoms with van der Waals surface area (Å²) >= 11 is 1.48. The van der Waals surface area contributed by atoms with Crippen molar-refractivity contribution in [2.75, 3.05) is 6.54 Å². The van der Waals surface area contributed by atoms with Crippen LogP contribution >= 0.6 is 11.3 Å². The van der Waals surface area contributed by atoms with Gasteiger partial charge in [-0.25, -0.2) is 13.1 Å². The summed E-state index contributed by atoms with van der Waals surface area (Å²) in [4.78, 5) is 1.42. The number of thiophene rings is 1. The highest BCUT2D eigenvalue weighted by Gasteiger charge is 2.19. The molecule has 1 rings (SSSR count). The summed E-state index contributed by atoms with van der Waals surface area (Å²) in [5.74, 6) is 0.527. The average molecular weight is 319 g/mol. The van der Waals surface area contributed by atoms with Crippen molar-refractivity contribution in [3.8, 4) is 0 Å². The fourth-order valence-electron chi connectivity index (χ4n) is 1.99. The third-order valence-corrected chi connectivity index (χ3v) is 5.95. The molecule has 0 saturated carbocycles. The van der Waals surface area contributed by atoms with E-state index in [1.165, 1.54) is 11.3 Å². The lowest BCUT2D eigenvalue weighted by atomic mass is 10.0. The van der Waals surface area contributed by atoms with Crippen molar-refractivity contribution in [2.45, 2.75) is 58.0 Å². The molecule has 0 saturated heterocycles. The fourth-order valence-corrected chi connectivity index (χ4v) is 4.49. The number of sulfonamides is 1. The highest BCUT2D eigenvalue weighted by molar-refractivity contribution is 7.89. The fraction of sp³-hybridized carbons (Fsp3) is 0.714. The molecular weight excluding hydrogens is 292 g/mol. The molecule has 0 radical (unpaired) electrons. The number of hydrogen-bond acceptors (Lipinski definition) is 4. The minimum atomic E-state index is -3.38. The maximum absolute atomic E-state index is 12.3. The largest absolute Gasteiger partial charge is 0.312 e. The Morgan fingerprint density at radius 3 is 2.60 bits per heavy atom. The van der Waals surface area contributed by atoms with E-state index in [9.17, 15) is 8.42 Å². The summed E-state index contributed by atoms with van der Waals surface area (Å²) < 4.78 is 27.3. The van der Waals surface area contributed by atoms with Gasteiger partial charge in [-0.1, -0.05) is 27.2 Å². The van der Waals surface area contributed by atoms with E-state index in [-0.39, 0.29) is 6.04 Å². The lowest BCUT2D eigenvalue weighted by Gasteiger charge is -2.17. The van der Waals surface area contributed by atoms with E-state index in [2.05, 4.69) is 23.9 Å². The van der Waals surface area contributed by atoms with Crippen LogP contribution in [-0.4, -0.2) is 21.0 Å². The van der Waals surface area contributed by atoms with E-state index in [0.29, 0.717) is 10.8 Å². The molecule has 0 amide bonds. The zero-order chi connectivity index (χ0) is 15.2. The molecule has 0 bridgehead atoms. The Labute approximate surface area is 127 Å². The third kappa shape index (κ3) is 5.52. The molecular formula is C14H26N2O2S2. The summed E-state index contributed by atoms with van der Waals surface area (Å²) in [6, 6.07) is 1.72. The zero-order valence-electron chi connectivity index (χ0n) is 12.8. The summed E-state index contributed by atoms with van der Waals surface area (Å²) in [5.41, 5.74) is 0. The van der Waals surface area contributed by atoms with Gasteiger partial charge in [-0.05, 0) is 31.9 Å². The predicted molar refractivity (Wildman–Crippen MR) is 85.6 cm³/mol. The molecule has 20 heavy (non-hydrogen) atoms. The van der Waals surface area contributed by atoms with Crippen LogP contribution in [0.3, 0.4) is 0 Å². The quantitative estimate of drug-likeness (QED) is 0.736. The highest BCUT2D eigenvalue weighted by atomic mass is 32.2. The van der Waals surface area contributed by atoms with Crippen molar-refractivity contribution >= 4 is 21.4 Å². The van der Waals surface area contributed by atoms with Gasteiger partial charge < -0.3 is 5.32 Å². The molecule has 0 fully saturated rings. The molecule has 116 valence electrons. The zero-order valence-corrected chi connectivity index (χ0v) is 14.4. The van der Waals surface area contributed by atoms with E-state index in [1.807, 2.05) is 13.8 Å². The Hall–Kier alpha value is -0.430. The molecule has 1 heterocycles. The second-order valence-corrected chi connectivity index (χ2v) is 8.01. The molecule has 0 spiro atoms. The van der Waals surface area contributed by atoms with Crippen LogP contribution in [-0.2, 0) is 16.6 Å². The summed E-state index contributed by atoms with van der Waals surface area (Å²) in [6.07, 6.45) is 1.93. The van der Waals surface area contributed by atoms with Crippen LogP contribution in [0.25, 0.3) is 0 Å². The van der Waals surface area contributed by atoms with Crippen LogP contribution < -0.4 is 10.0 Å². The smallest absolute Gasteiger partial charge is 0.241 e. The molecule has 0 aromatic carbocycles. The first-order chi connectivity index (χ1) is 9.39. The maximum Gasteiger partial charge on any atom is 0.241 e. The Kier molecular flexibility index (Phi) is 7.15. The SMILES string of the molecule is CCNCc1cc(S(=O)(=O)NC(C)CC(C)CC)cs1. The van der Waals surface area contributed by atoms with Gasteiger partial charge in [-0.2, -0.15) is 0 Å². The van der Waals surface area contributed by atoms with Gasteiger partial charge in [-0.15, -0.1) is 11.3 Å². The molecule has 1 aromatic heterocycles. The van der Waals surface area contributed by atoms with Crippen molar-refractivity contribution in [1.82, 2.24) is 10.0 Å². The Morgan fingerprint density at radius 1 is 1.30 bits per heavy atom. The van der Waals surface area contributed by atoms with E-state index in [1.54, 1.807) is 11.4 Å². The number of hydrogen-bond donors (Lipinski definition) is 2. The molecule has 4 nitrogen and oxygen atoms in total. The van der Waals surface area contributed by atoms with Crippen LogP contribution in [0.4, 0.5) is 0 Å². The molecule has 6 heteroatoms. The molecule has 0 aliphatic rings. The summed E-state index contributed by atoms with van der Waals surface area (Å²) in [6.45, 7) is 9.82. The van der Waals surface area contributed by atoms with Crippen LogP contribution in [0.2, 0.25) is 0 Å². The van der Waals surface area contributed by atoms with Gasteiger partial charge >= 0.3 is 0 Å². The molecule has 2 atom stereocenters. The van der Waals surface area contributed by atoms with Crippen molar-refractivity contribution in [2.24, 2.45) is 5.92 Å². The minimum Gasteiger partial charge on any atom is -0.312 e. The topological polar surface area (TPSA) is 58.2 Å². The van der Waals surface area contributed by atoms with E-state index < -0.39 is 10.0 Å². The minimum absolute atomic E-state index is 0.0351. The second kappa shape index (κ2) is 8.12. The van der Waals surface area contributed by atoms with Gasteiger partial charge in [0.05, 0.1) is 4.90 Å². The molecule has 1 aromatic rings. The summed E-state index contributed by atoms with van der Waals surface area (Å²) in [7, 11) is -3.38. The van der Waals surface area contributed by atoms with Crippen molar-refractivity contribution in [3.05, 3.63) is 16.3 Å². The average Bonchev–Trinajstić information content (AvgIpc) is 2.84. The lowest BCUT2D eigenvalue weighted by Crippen LogP contribution is -2.33. The standard InChI is InChI=1S/C14H26N2O2S2/c1-5-11(3)7-12(4)16-20(17,18)14-8-13(19-10-14)9-15-6-2/h8,10-12,15-16H,5-7,9H2,1-4H3. The van der Waals surface area contributed by atoms with E-state index in [4.69, 9.17) is 0 Å². The molecule has 2 N–H and O–H groups in total. The van der Waals surface area contributed by atoms with Crippen LogP contribution in [0.5, 0.6) is 0 Å². The van der Waals surface area contributed by atoms with Crippen LogP contribution in [0.1, 0.15) is 45.4 Å². The molecule has 0 aliphatic carbocycles. The first-order valence-corrected chi connectivity index (χ1v) is 9.55. The van der Waals surface area contributed by atoms with Gasteiger partial charge in [0.25, 0.3) is 0 Å². The first kappa shape index (κ1) is 17.6. The van der Waals surface area contributed by atoms with Gasteiger partial charge in [0.1, 0.15) is 0 Å². The molecule has 0 aliphatic heterocycles. The summed E-state index contributed by atoms with van der Waals surface area (Å²) in [5, 5.41) is 4.91. The lowest BCUT2D eigenvalue weighted by molar-refractivity contribution is 0.445. The Balaban J connectivity index is 2.66. The van der Waals surface area contributed by atoms with E-state index in [0.717, 1.165) is 30.8 Å². The van der Waals surface area contributed by atoms with Crippen molar-refractivity contribution in [1.29, 1.82) is 0 Å². The van der Waals surface area contributed by atoms with E-state index >= 15 is 0 Å². The van der Waals surface area contributed by atoms with Crippen LogP contribution in [0, 0.1) is 5.92 Å². The van der Waals surface area contributed by atoms with Crippen molar-refractivity contribution < 1.29 is 8.42 Å². The third-order valence-electron chi connectivity index (χ3n) is 3.30. The Morgan fingerprint density at radius 2 is 2.00 bits per heavy atom. The van der Waals surface area contributed by atoms with Gasteiger partial charge in [0.15, 0.2) is 0 Å². The number of rotatable bonds is 9. The van der Waals surface area contributed by atoms with Gasteiger partial charge in [0.2, 0.25) is 10.0 Å². The normalized spacial score (nSPS) is 15.2. The predicted octanol–water partition coefficient (Wildman–Crippen LogP) is 2.96. The molecule has 2 unspecified atom stereocenters. The van der Waals surface area contributed by atoms with Crippen LogP contribution in [0.15, 0.2) is 16.3 Å². The van der Waals surface area contributed by atoms with Gasteiger partial charge in [0, 0.05) is 22.8 Å². The van der Waals surface area contributed by atoms with Crippen molar-refractivity contribution in [3.63, 3.8) is 0 Å². The van der Waals surface area contributed by atoms with Gasteiger partial charge in [-0.3, -0.25) is 0 Å². The highest BCUT2D eigenvalue weighted by Crippen LogP contribution is 2.20. The monoisotopic (exact) mass is 318 g/mol.